The van der Waals surface area contributed by atoms with Gasteiger partial charge in [-0.15, -0.1) is 0 Å². The minimum absolute atomic E-state index is 0.102. The van der Waals surface area contributed by atoms with Crippen molar-refractivity contribution in [1.82, 2.24) is 10.2 Å². The average molecular weight is 622 g/mol. The topological polar surface area (TPSA) is 161 Å². The molecule has 0 spiro atoms. The van der Waals surface area contributed by atoms with Crippen LogP contribution in [-0.4, -0.2) is 71.7 Å². The molecular weight excluding hydrogens is 586 g/mol. The zero-order valence-corrected chi connectivity index (χ0v) is 25.9. The Morgan fingerprint density at radius 1 is 0.867 bits per heavy atom. The van der Waals surface area contributed by atoms with Crippen LogP contribution in [0, 0.1) is 0 Å². The first-order valence-electron chi connectivity index (χ1n) is 14.2. The molecular formula is C32H35N3O10. The van der Waals surface area contributed by atoms with Crippen molar-refractivity contribution in [3.8, 4) is 23.0 Å². The van der Waals surface area contributed by atoms with Gasteiger partial charge in [0.2, 0.25) is 5.91 Å². The number of hydrogen-bond donors (Lipinski definition) is 2. The Morgan fingerprint density at radius 2 is 1.47 bits per heavy atom. The number of anilines is 2. The van der Waals surface area contributed by atoms with Crippen molar-refractivity contribution >= 4 is 52.1 Å². The number of nitrogens with one attached hydrogen (secondary N) is 1. The summed E-state index contributed by atoms with van der Waals surface area (Å²) in [6.45, 7) is 12.6. The highest BCUT2D eigenvalue weighted by molar-refractivity contribution is 6.14. The number of esters is 2. The Balaban J connectivity index is 0.000000297. The molecule has 2 N–H and O–H groups in total. The van der Waals surface area contributed by atoms with Gasteiger partial charge in [-0.25, -0.2) is 9.59 Å². The predicted molar refractivity (Wildman–Crippen MR) is 164 cm³/mol. The number of aromatic carboxylic acids is 1. The van der Waals surface area contributed by atoms with Crippen LogP contribution >= 0.6 is 0 Å². The third kappa shape index (κ3) is 7.50. The van der Waals surface area contributed by atoms with Gasteiger partial charge in [0.15, 0.2) is 11.5 Å². The Kier molecular flexibility index (Phi) is 9.62. The summed E-state index contributed by atoms with van der Waals surface area (Å²) in [6.07, 6.45) is -0.200. The summed E-state index contributed by atoms with van der Waals surface area (Å²) in [7, 11) is 0. The SMILES string of the molecule is CC(=O)Oc1ccc2c(c1C(=O)O)Oc1cc(OC(C)=O)c3ccccc3c1N2C(C)=O.CC(C)(C)OC(=O)N1CCNCC1. The van der Waals surface area contributed by atoms with Crippen molar-refractivity contribution in [2.45, 2.75) is 47.1 Å². The molecule has 0 bridgehead atoms. The molecule has 1 saturated heterocycles. The molecule has 0 atom stereocenters. The molecule has 5 rings (SSSR count). The second-order valence-corrected chi connectivity index (χ2v) is 11.2. The predicted octanol–water partition coefficient (Wildman–Crippen LogP) is 5.01. The molecule has 0 unspecified atom stereocenters. The number of ether oxygens (including phenoxy) is 4. The van der Waals surface area contributed by atoms with Crippen LogP contribution < -0.4 is 24.4 Å². The molecule has 3 aromatic carbocycles. The Bertz CT molecular complexity index is 1670. The van der Waals surface area contributed by atoms with Crippen molar-refractivity contribution in [3.63, 3.8) is 0 Å². The summed E-state index contributed by atoms with van der Waals surface area (Å²) in [4.78, 5) is 62.4. The van der Waals surface area contributed by atoms with E-state index < -0.39 is 29.4 Å². The molecule has 45 heavy (non-hydrogen) atoms. The van der Waals surface area contributed by atoms with Gasteiger partial charge in [0, 0.05) is 63.8 Å². The number of carboxylic acid groups (broad SMARTS) is 1. The number of rotatable bonds is 3. The normalized spacial score (nSPS) is 13.7. The molecule has 0 aromatic heterocycles. The maximum absolute atomic E-state index is 12.7. The van der Waals surface area contributed by atoms with Crippen LogP contribution in [0.3, 0.4) is 0 Å². The molecule has 1 fully saturated rings. The van der Waals surface area contributed by atoms with Crippen LogP contribution in [0.4, 0.5) is 16.2 Å². The molecule has 2 aliphatic rings. The van der Waals surface area contributed by atoms with Crippen molar-refractivity contribution in [3.05, 3.63) is 48.0 Å². The summed E-state index contributed by atoms with van der Waals surface area (Å²) >= 11 is 0. The lowest BCUT2D eigenvalue weighted by atomic mass is 10.0. The number of amides is 2. The smallest absolute Gasteiger partial charge is 0.410 e. The molecule has 13 nitrogen and oxygen atoms in total. The molecule has 2 amide bonds. The highest BCUT2D eigenvalue weighted by Crippen LogP contribution is 2.54. The fraction of sp³-hybridized carbons (Fsp3) is 0.344. The Labute approximate surface area is 259 Å². The number of benzene rings is 3. The van der Waals surface area contributed by atoms with E-state index in [1.807, 2.05) is 20.8 Å². The number of hydrogen-bond acceptors (Lipinski definition) is 10. The van der Waals surface area contributed by atoms with Crippen LogP contribution in [0.25, 0.3) is 10.8 Å². The van der Waals surface area contributed by atoms with Gasteiger partial charge >= 0.3 is 24.0 Å². The molecule has 0 aliphatic carbocycles. The van der Waals surface area contributed by atoms with E-state index >= 15 is 0 Å². The number of piperazine rings is 1. The summed E-state index contributed by atoms with van der Waals surface area (Å²) in [5, 5.41) is 14.1. The molecule has 13 heteroatoms. The van der Waals surface area contributed by atoms with Gasteiger partial charge in [-0.3, -0.25) is 19.3 Å². The zero-order valence-electron chi connectivity index (χ0n) is 25.9. The van der Waals surface area contributed by atoms with Crippen LogP contribution in [0.5, 0.6) is 23.0 Å². The van der Waals surface area contributed by atoms with Gasteiger partial charge in [-0.05, 0) is 32.9 Å². The minimum Gasteiger partial charge on any atom is -0.477 e. The highest BCUT2D eigenvalue weighted by atomic mass is 16.6. The summed E-state index contributed by atoms with van der Waals surface area (Å²) in [5.41, 5.74) is -0.268. The molecule has 2 heterocycles. The van der Waals surface area contributed by atoms with E-state index in [4.69, 9.17) is 18.9 Å². The second kappa shape index (κ2) is 13.2. The van der Waals surface area contributed by atoms with E-state index in [0.29, 0.717) is 16.5 Å². The first kappa shape index (κ1) is 32.7. The van der Waals surface area contributed by atoms with Gasteiger partial charge < -0.3 is 34.3 Å². The van der Waals surface area contributed by atoms with Crippen LogP contribution in [0.15, 0.2) is 42.5 Å². The van der Waals surface area contributed by atoms with Crippen LogP contribution in [0.2, 0.25) is 0 Å². The standard InChI is InChI=1S/C23H17NO8.C9H18N2O2/c1-11(25)24-16-8-9-17(30-12(2)26)20(23(28)29)22(16)32-19-10-18(31-13(3)27)14-6-4-5-7-15(14)21(19)24;1-9(2,3)13-8(12)11-6-4-10-5-7-11/h4-10H,1-3H3,(H,28,29);10H,4-7H2,1-3H3. The molecule has 2 aliphatic heterocycles. The second-order valence-electron chi connectivity index (χ2n) is 11.2. The molecule has 0 saturated carbocycles. The van der Waals surface area contributed by atoms with Gasteiger partial charge in [0.25, 0.3) is 0 Å². The summed E-state index contributed by atoms with van der Waals surface area (Å²) in [6, 6.07) is 11.1. The quantitative estimate of drug-likeness (QED) is 0.299. The van der Waals surface area contributed by atoms with Crippen molar-refractivity contribution in [1.29, 1.82) is 0 Å². The van der Waals surface area contributed by atoms with E-state index in [1.54, 1.807) is 29.2 Å². The Morgan fingerprint density at radius 3 is 2.02 bits per heavy atom. The van der Waals surface area contributed by atoms with Gasteiger partial charge in [-0.2, -0.15) is 0 Å². The van der Waals surface area contributed by atoms with E-state index in [2.05, 4.69) is 5.32 Å². The van der Waals surface area contributed by atoms with Crippen LogP contribution in [0.1, 0.15) is 51.9 Å². The van der Waals surface area contributed by atoms with Crippen LogP contribution in [-0.2, 0) is 19.1 Å². The number of carbonyl (C=O) groups is 5. The first-order chi connectivity index (χ1) is 21.2. The van der Waals surface area contributed by atoms with Gasteiger partial charge in [0.05, 0.1) is 11.4 Å². The summed E-state index contributed by atoms with van der Waals surface area (Å²) in [5.74, 6) is -3.20. The Hall–Kier alpha value is -5.17. The monoisotopic (exact) mass is 621 g/mol. The lowest BCUT2D eigenvalue weighted by Crippen LogP contribution is -2.48. The molecule has 238 valence electrons. The van der Waals surface area contributed by atoms with Gasteiger partial charge in [0.1, 0.15) is 22.7 Å². The minimum atomic E-state index is -1.41. The first-order valence-corrected chi connectivity index (χ1v) is 14.2. The van der Waals surface area contributed by atoms with E-state index in [9.17, 15) is 29.1 Å². The average Bonchev–Trinajstić information content (AvgIpc) is 2.95. The molecule has 3 aromatic rings. The zero-order chi connectivity index (χ0) is 33.1. The number of carboxylic acids is 1. The largest absolute Gasteiger partial charge is 0.477 e. The third-order valence-electron chi connectivity index (χ3n) is 6.52. The number of fused-ring (bicyclic) bond motifs is 4. The number of nitrogens with zero attached hydrogens (tertiary/aromatic N) is 2. The van der Waals surface area contributed by atoms with E-state index in [1.165, 1.54) is 36.9 Å². The van der Waals surface area contributed by atoms with Crippen molar-refractivity contribution < 1.29 is 48.0 Å². The maximum Gasteiger partial charge on any atom is 0.410 e. The van der Waals surface area contributed by atoms with E-state index in [0.717, 1.165) is 33.1 Å². The molecule has 0 radical (unpaired) electrons. The summed E-state index contributed by atoms with van der Waals surface area (Å²) < 4.78 is 21.5. The fourth-order valence-corrected chi connectivity index (χ4v) is 4.86. The van der Waals surface area contributed by atoms with Gasteiger partial charge in [-0.1, -0.05) is 24.3 Å². The lowest BCUT2D eigenvalue weighted by molar-refractivity contribution is -0.132. The highest BCUT2D eigenvalue weighted by Gasteiger charge is 2.35. The third-order valence-corrected chi connectivity index (χ3v) is 6.52. The van der Waals surface area contributed by atoms with Crippen molar-refractivity contribution in [2.24, 2.45) is 0 Å². The lowest BCUT2D eigenvalue weighted by Gasteiger charge is -2.33. The van der Waals surface area contributed by atoms with Crippen molar-refractivity contribution in [2.75, 3.05) is 31.1 Å². The number of carbonyl (C=O) groups excluding carboxylic acids is 4. The maximum atomic E-state index is 12.7. The van der Waals surface area contributed by atoms with E-state index in [-0.39, 0.29) is 40.4 Å². The fourth-order valence-electron chi connectivity index (χ4n) is 4.86.